The fourth-order valence-corrected chi connectivity index (χ4v) is 9.19. The van der Waals surface area contributed by atoms with Crippen LogP contribution in [0.15, 0.2) is 36.4 Å². The first-order valence-electron chi connectivity index (χ1n) is 21.3. The van der Waals surface area contributed by atoms with Crippen molar-refractivity contribution < 1.29 is 44.3 Å². The van der Waals surface area contributed by atoms with Crippen LogP contribution in [0, 0.1) is 26.2 Å². The van der Waals surface area contributed by atoms with Gasteiger partial charge in [0.05, 0.1) is 24.7 Å². The Morgan fingerprint density at radius 3 is 0.820 bits per heavy atom. The van der Waals surface area contributed by atoms with E-state index in [4.69, 9.17) is 19.6 Å². The Kier molecular flexibility index (Phi) is 17.2. The first-order chi connectivity index (χ1) is 27.1. The Labute approximate surface area is 371 Å². The second kappa shape index (κ2) is 18.9. The molecule has 3 aromatic rings. The van der Waals surface area contributed by atoms with Gasteiger partial charge in [0, 0.05) is 0 Å². The molecule has 11 heteroatoms. The summed E-state index contributed by atoms with van der Waals surface area (Å²) in [6.45, 7) is 43.7. The van der Waals surface area contributed by atoms with Gasteiger partial charge in [-0.05, 0) is 103 Å². The van der Waals surface area contributed by atoms with E-state index in [1.54, 1.807) is 0 Å². The summed E-state index contributed by atoms with van der Waals surface area (Å²) in [5.74, 6) is 0. The standard InChI is InChI=1S/C50H78O4.H4O5P2/c1-30-22-33(43(4,5)6)39(34(23-30)44(7,8)9)42(53)49(28-51,29-52)50(54,40-35(45(10,11)12)24-31(2)25-36(40)46(13,14)15)41-37(47(16,17)18)26-32(3)27-38(41)48(19,20)21;1-6(2)5-7(3)4/h22-27,42,51-54H,28-29H2,1-21H3;1-4H. The topological polar surface area (TPSA) is 171 Å². The van der Waals surface area contributed by atoms with E-state index in [9.17, 15) is 15.3 Å². The van der Waals surface area contributed by atoms with Crippen molar-refractivity contribution in [3.05, 3.63) is 103 Å². The van der Waals surface area contributed by atoms with Gasteiger partial charge in [0.15, 0.2) is 0 Å². The molecule has 0 aliphatic carbocycles. The number of hydrogen-bond donors (Lipinski definition) is 8. The van der Waals surface area contributed by atoms with Crippen molar-refractivity contribution in [3.8, 4) is 0 Å². The van der Waals surface area contributed by atoms with E-state index in [-0.39, 0.29) is 0 Å². The molecule has 1 atom stereocenters. The highest BCUT2D eigenvalue weighted by Gasteiger charge is 2.62. The highest BCUT2D eigenvalue weighted by Crippen LogP contribution is 2.60. The fourth-order valence-electron chi connectivity index (χ4n) is 8.67. The Hall–Kier alpha value is -1.84. The molecule has 346 valence electrons. The summed E-state index contributed by atoms with van der Waals surface area (Å²) in [7, 11) is -5.22. The van der Waals surface area contributed by atoms with Gasteiger partial charge in [-0.15, -0.1) is 0 Å². The summed E-state index contributed by atoms with van der Waals surface area (Å²) in [4.78, 5) is 31.3. The third-order valence-electron chi connectivity index (χ3n) is 11.7. The first kappa shape index (κ1) is 55.3. The summed E-state index contributed by atoms with van der Waals surface area (Å²) >= 11 is 0. The van der Waals surface area contributed by atoms with Crippen molar-refractivity contribution in [2.45, 2.75) is 190 Å². The average molecular weight is 889 g/mol. The maximum absolute atomic E-state index is 15.0. The fraction of sp³-hybridized carbons (Fsp3) is 0.640. The largest absolute Gasteiger partial charge is 0.395 e. The predicted octanol–water partition coefficient (Wildman–Crippen LogP) is 10.8. The molecule has 0 saturated carbocycles. The van der Waals surface area contributed by atoms with Gasteiger partial charge in [-0.25, -0.2) is 4.31 Å². The smallest absolute Gasteiger partial charge is 0.334 e. The van der Waals surface area contributed by atoms with Crippen LogP contribution in [-0.4, -0.2) is 53.2 Å². The summed E-state index contributed by atoms with van der Waals surface area (Å²) in [5.41, 5.74) is 3.94. The van der Waals surface area contributed by atoms with Gasteiger partial charge in [0.2, 0.25) is 0 Å². The zero-order valence-electron chi connectivity index (χ0n) is 41.3. The third kappa shape index (κ3) is 12.1. The molecule has 0 heterocycles. The maximum atomic E-state index is 15.0. The van der Waals surface area contributed by atoms with E-state index in [1.165, 1.54) is 0 Å². The van der Waals surface area contributed by atoms with Crippen molar-refractivity contribution in [1.82, 2.24) is 0 Å². The Morgan fingerprint density at radius 2 is 0.656 bits per heavy atom. The maximum Gasteiger partial charge on any atom is 0.334 e. The Balaban J connectivity index is 0.00000168. The quantitative estimate of drug-likeness (QED) is 0.0974. The minimum Gasteiger partial charge on any atom is -0.395 e. The summed E-state index contributed by atoms with van der Waals surface area (Å²) < 4.78 is 3.60. The molecule has 0 aromatic heterocycles. The number of aliphatic hydroxyl groups excluding tert-OH is 3. The van der Waals surface area contributed by atoms with Crippen LogP contribution >= 0.6 is 17.2 Å². The van der Waals surface area contributed by atoms with Crippen LogP contribution in [0.1, 0.15) is 197 Å². The van der Waals surface area contributed by atoms with Crippen molar-refractivity contribution >= 4 is 17.2 Å². The molecular weight excluding hydrogens is 806 g/mol. The monoisotopic (exact) mass is 889 g/mol. The van der Waals surface area contributed by atoms with E-state index in [0.717, 1.165) is 50.1 Å². The zero-order valence-corrected chi connectivity index (χ0v) is 43.1. The van der Waals surface area contributed by atoms with E-state index in [1.807, 2.05) is 0 Å². The number of rotatable bonds is 9. The predicted molar refractivity (Wildman–Crippen MR) is 254 cm³/mol. The van der Waals surface area contributed by atoms with E-state index in [0.29, 0.717) is 16.7 Å². The highest BCUT2D eigenvalue weighted by molar-refractivity contribution is 7.53. The van der Waals surface area contributed by atoms with Crippen LogP contribution in [0.2, 0.25) is 0 Å². The minimum absolute atomic E-state index is 0.412. The second-order valence-corrected chi connectivity index (χ2v) is 25.1. The molecule has 0 fully saturated rings. The number of aryl methyl sites for hydroxylation is 3. The molecule has 0 bridgehead atoms. The Morgan fingerprint density at radius 1 is 0.443 bits per heavy atom. The van der Waals surface area contributed by atoms with Gasteiger partial charge in [-0.1, -0.05) is 178 Å². The van der Waals surface area contributed by atoms with Gasteiger partial charge < -0.3 is 40.0 Å². The molecule has 0 aliphatic rings. The van der Waals surface area contributed by atoms with E-state index >= 15 is 5.11 Å². The Bertz CT molecular complexity index is 1780. The number of hydrogen-bond acceptors (Lipinski definition) is 9. The SMILES string of the molecule is Cc1cc(C(C)(C)C)c(C(O)C(CO)(CO)C(O)(c2c(C(C)(C)C)cc(C)cc2C(C)(C)C)c2c(C(C)(C)C)cc(C)cc2C(C)(C)C)c(C(C)(C)C)c1.OP(O)OP(O)O. The molecule has 9 nitrogen and oxygen atoms in total. The lowest BCUT2D eigenvalue weighted by Gasteiger charge is -2.54. The van der Waals surface area contributed by atoms with Gasteiger partial charge in [0.25, 0.3) is 0 Å². The summed E-state index contributed by atoms with van der Waals surface area (Å²) in [5, 5.41) is 53.3. The van der Waals surface area contributed by atoms with Crippen molar-refractivity contribution in [2.24, 2.45) is 5.41 Å². The van der Waals surface area contributed by atoms with Gasteiger partial charge in [-0.2, -0.15) is 0 Å². The summed E-state index contributed by atoms with van der Waals surface area (Å²) in [6, 6.07) is 12.9. The molecule has 0 amide bonds. The lowest BCUT2D eigenvalue weighted by atomic mass is 9.53. The molecule has 0 saturated heterocycles. The van der Waals surface area contributed by atoms with Crippen molar-refractivity contribution in [2.75, 3.05) is 13.2 Å². The van der Waals surface area contributed by atoms with Gasteiger partial charge in [0.1, 0.15) is 5.60 Å². The number of benzene rings is 3. The van der Waals surface area contributed by atoms with Crippen LogP contribution in [-0.2, 0) is 42.4 Å². The molecule has 0 radical (unpaired) electrons. The van der Waals surface area contributed by atoms with Gasteiger partial charge in [-0.3, -0.25) is 0 Å². The molecule has 0 aliphatic heterocycles. The lowest BCUT2D eigenvalue weighted by molar-refractivity contribution is -0.175. The lowest BCUT2D eigenvalue weighted by Crippen LogP contribution is -2.58. The molecule has 3 aromatic carbocycles. The zero-order chi connectivity index (χ0) is 48.0. The molecule has 8 N–H and O–H groups in total. The van der Waals surface area contributed by atoms with E-state index < -0.39 is 80.0 Å². The molecule has 61 heavy (non-hydrogen) atoms. The third-order valence-corrected chi connectivity index (χ3v) is 12.9. The second-order valence-electron chi connectivity index (χ2n) is 23.4. The highest BCUT2D eigenvalue weighted by atomic mass is 31.2. The summed E-state index contributed by atoms with van der Waals surface area (Å²) in [6.07, 6.45) is -1.49. The normalized spacial score (nSPS) is 14.4. The van der Waals surface area contributed by atoms with Crippen molar-refractivity contribution in [3.63, 3.8) is 0 Å². The van der Waals surface area contributed by atoms with Crippen molar-refractivity contribution in [1.29, 1.82) is 0 Å². The van der Waals surface area contributed by atoms with E-state index in [2.05, 4.69) is 186 Å². The molecule has 3 rings (SSSR count). The molecule has 0 spiro atoms. The van der Waals surface area contributed by atoms with Crippen LogP contribution in [0.5, 0.6) is 0 Å². The van der Waals surface area contributed by atoms with Crippen LogP contribution in [0.4, 0.5) is 0 Å². The molecule has 1 unspecified atom stereocenters. The van der Waals surface area contributed by atoms with Gasteiger partial charge >= 0.3 is 17.2 Å². The van der Waals surface area contributed by atoms with Crippen LogP contribution in [0.25, 0.3) is 0 Å². The van der Waals surface area contributed by atoms with Crippen LogP contribution < -0.4 is 0 Å². The molecular formula is C50H82O9P2. The average Bonchev–Trinajstić information content (AvgIpc) is 3.05. The minimum atomic E-state index is -2.61. The number of aliphatic hydroxyl groups is 4. The van der Waals surface area contributed by atoms with Crippen LogP contribution in [0.3, 0.4) is 0 Å². The first-order valence-corrected chi connectivity index (χ1v) is 23.6.